The molecular weight excluding hydrogens is 392 g/mol. The molecule has 1 saturated heterocycles. The van der Waals surface area contributed by atoms with Crippen LogP contribution in [0.3, 0.4) is 0 Å². The number of rotatable bonds is 5. The molecule has 0 amide bonds. The number of benzene rings is 2. The van der Waals surface area contributed by atoms with Gasteiger partial charge in [0.1, 0.15) is 0 Å². The maximum Gasteiger partial charge on any atom is 0.337 e. The van der Waals surface area contributed by atoms with Crippen molar-refractivity contribution in [3.63, 3.8) is 0 Å². The highest BCUT2D eigenvalue weighted by atomic mass is 16.4. The largest absolute Gasteiger partial charge is 0.478 e. The molecule has 160 valence electrons. The molecule has 7 nitrogen and oxygen atoms in total. The monoisotopic (exact) mass is 418 g/mol. The molecule has 0 radical (unpaired) electrons. The molecule has 1 aliphatic heterocycles. The van der Waals surface area contributed by atoms with E-state index in [9.17, 15) is 14.7 Å². The number of nitrogens with one attached hydrogen (secondary N) is 1. The van der Waals surface area contributed by atoms with Crippen molar-refractivity contribution >= 4 is 28.5 Å². The lowest BCUT2D eigenvalue weighted by atomic mass is 10.0. The van der Waals surface area contributed by atoms with Gasteiger partial charge >= 0.3 is 5.97 Å². The summed E-state index contributed by atoms with van der Waals surface area (Å²) >= 11 is 0. The second kappa shape index (κ2) is 7.11. The van der Waals surface area contributed by atoms with E-state index < -0.39 is 5.97 Å². The van der Waals surface area contributed by atoms with Crippen molar-refractivity contribution in [1.29, 1.82) is 0 Å². The zero-order valence-electron chi connectivity index (χ0n) is 17.9. The van der Waals surface area contributed by atoms with Crippen molar-refractivity contribution in [2.24, 2.45) is 18.9 Å². The second-order valence-corrected chi connectivity index (χ2v) is 8.90. The van der Waals surface area contributed by atoms with Crippen LogP contribution in [0.4, 0.5) is 11.6 Å². The maximum atomic E-state index is 13.2. The molecule has 1 saturated carbocycles. The molecule has 3 aromatic rings. The molecule has 0 spiro atoms. The predicted octanol–water partition coefficient (Wildman–Crippen LogP) is 3.57. The highest BCUT2D eigenvalue weighted by Crippen LogP contribution is 2.46. The summed E-state index contributed by atoms with van der Waals surface area (Å²) in [6, 6.07) is 10.5. The standard InChI is InChI=1S/C24H26N4O3/c1-13-8-18(14(2)25-20-7-5-4-6-17(20)23(30)31)21-19(9-13)22(29)27(3)24(26-21)28-11-15-10-16(15)12-28/h4-9,14-16,25H,10-12H2,1-3H3,(H,30,31). The predicted molar refractivity (Wildman–Crippen MR) is 121 cm³/mol. The Labute approximate surface area is 180 Å². The SMILES string of the molecule is Cc1cc(C(C)Nc2ccccc2C(=O)O)c2nc(N3CC4CC4C3)n(C)c(=O)c2c1. The van der Waals surface area contributed by atoms with Gasteiger partial charge in [-0.25, -0.2) is 9.78 Å². The highest BCUT2D eigenvalue weighted by molar-refractivity contribution is 5.94. The topological polar surface area (TPSA) is 87.5 Å². The first kappa shape index (κ1) is 19.6. The maximum absolute atomic E-state index is 13.2. The van der Waals surface area contributed by atoms with Crippen LogP contribution in [0.5, 0.6) is 0 Å². The van der Waals surface area contributed by atoms with Crippen molar-refractivity contribution in [3.05, 3.63) is 63.4 Å². The van der Waals surface area contributed by atoms with Crippen LogP contribution in [-0.2, 0) is 7.05 Å². The average Bonchev–Trinajstić information content (AvgIpc) is 3.35. The summed E-state index contributed by atoms with van der Waals surface area (Å²) in [6.45, 7) is 5.84. The third kappa shape index (κ3) is 3.34. The summed E-state index contributed by atoms with van der Waals surface area (Å²) < 4.78 is 1.66. The van der Waals surface area contributed by atoms with Crippen molar-refractivity contribution in [1.82, 2.24) is 9.55 Å². The fourth-order valence-electron chi connectivity index (χ4n) is 4.82. The molecule has 2 fully saturated rings. The fraction of sp³-hybridized carbons (Fsp3) is 0.375. The van der Waals surface area contributed by atoms with Crippen LogP contribution in [0, 0.1) is 18.8 Å². The highest BCUT2D eigenvalue weighted by Gasteiger charge is 2.46. The number of carboxylic acid groups (broad SMARTS) is 1. The van der Waals surface area contributed by atoms with Gasteiger partial charge in [0.05, 0.1) is 22.5 Å². The Morgan fingerprint density at radius 3 is 2.65 bits per heavy atom. The van der Waals surface area contributed by atoms with Gasteiger partial charge in [-0.3, -0.25) is 9.36 Å². The van der Waals surface area contributed by atoms with Crippen LogP contribution in [0.15, 0.2) is 41.2 Å². The van der Waals surface area contributed by atoms with Gasteiger partial charge in [-0.1, -0.05) is 18.2 Å². The molecule has 0 bridgehead atoms. The van der Waals surface area contributed by atoms with Crippen molar-refractivity contribution < 1.29 is 9.90 Å². The van der Waals surface area contributed by atoms with Gasteiger partial charge < -0.3 is 15.3 Å². The molecule has 7 heteroatoms. The van der Waals surface area contributed by atoms with Gasteiger partial charge in [0.25, 0.3) is 5.56 Å². The molecule has 2 heterocycles. The number of nitrogens with zero attached hydrogens (tertiary/aromatic N) is 3. The van der Waals surface area contributed by atoms with Gasteiger partial charge in [0, 0.05) is 31.4 Å². The number of aryl methyl sites for hydroxylation is 1. The minimum Gasteiger partial charge on any atom is -0.478 e. The van der Waals surface area contributed by atoms with Crippen molar-refractivity contribution in [3.8, 4) is 0 Å². The molecule has 2 aromatic carbocycles. The number of fused-ring (bicyclic) bond motifs is 2. The number of carboxylic acids is 1. The van der Waals surface area contributed by atoms with E-state index in [-0.39, 0.29) is 17.2 Å². The third-order valence-electron chi connectivity index (χ3n) is 6.59. The smallest absolute Gasteiger partial charge is 0.337 e. The van der Waals surface area contributed by atoms with Crippen LogP contribution in [0.2, 0.25) is 0 Å². The van der Waals surface area contributed by atoms with E-state index in [1.165, 1.54) is 6.42 Å². The summed E-state index contributed by atoms with van der Waals surface area (Å²) in [5.41, 5.74) is 3.24. The minimum atomic E-state index is -0.980. The Bertz CT molecular complexity index is 1260. The number of hydrogen-bond donors (Lipinski definition) is 2. The summed E-state index contributed by atoms with van der Waals surface area (Å²) in [7, 11) is 1.79. The number of aromatic nitrogens is 2. The van der Waals surface area contributed by atoms with Crippen molar-refractivity contribution in [2.45, 2.75) is 26.3 Å². The molecule has 31 heavy (non-hydrogen) atoms. The van der Waals surface area contributed by atoms with E-state index >= 15 is 0 Å². The summed E-state index contributed by atoms with van der Waals surface area (Å²) in [5.74, 6) is 1.20. The molecule has 3 unspecified atom stereocenters. The Morgan fingerprint density at radius 1 is 1.23 bits per heavy atom. The first-order valence-electron chi connectivity index (χ1n) is 10.7. The lowest BCUT2D eigenvalue weighted by Gasteiger charge is -2.24. The van der Waals surface area contributed by atoms with Crippen LogP contribution in [0.1, 0.15) is 40.9 Å². The van der Waals surface area contributed by atoms with Gasteiger partial charge in [0.15, 0.2) is 0 Å². The number of carbonyl (C=O) groups is 1. The quantitative estimate of drug-likeness (QED) is 0.659. The lowest BCUT2D eigenvalue weighted by molar-refractivity contribution is 0.0698. The Morgan fingerprint density at radius 2 is 1.94 bits per heavy atom. The molecule has 5 rings (SSSR count). The average molecular weight is 418 g/mol. The van der Waals surface area contributed by atoms with E-state index in [0.717, 1.165) is 36.1 Å². The number of anilines is 2. The Balaban J connectivity index is 1.60. The number of piperidine rings is 1. The molecular formula is C24H26N4O3. The van der Waals surface area contributed by atoms with Gasteiger partial charge in [-0.15, -0.1) is 0 Å². The normalized spacial score (nSPS) is 20.5. The van der Waals surface area contributed by atoms with Gasteiger partial charge in [-0.2, -0.15) is 0 Å². The van der Waals surface area contributed by atoms with Crippen LogP contribution < -0.4 is 15.8 Å². The Kier molecular flexibility index (Phi) is 4.50. The fourth-order valence-corrected chi connectivity index (χ4v) is 4.82. The first-order valence-corrected chi connectivity index (χ1v) is 10.7. The summed E-state index contributed by atoms with van der Waals surface area (Å²) in [4.78, 5) is 32.0. The van der Waals surface area contributed by atoms with Gasteiger partial charge in [0.2, 0.25) is 5.95 Å². The van der Waals surface area contributed by atoms with E-state index in [2.05, 4.69) is 10.2 Å². The summed E-state index contributed by atoms with van der Waals surface area (Å²) in [6.07, 6.45) is 1.28. The molecule has 3 atom stereocenters. The molecule has 2 aliphatic rings. The second-order valence-electron chi connectivity index (χ2n) is 8.90. The zero-order chi connectivity index (χ0) is 21.9. The summed E-state index contributed by atoms with van der Waals surface area (Å²) in [5, 5.41) is 13.4. The first-order chi connectivity index (χ1) is 14.8. The number of hydrogen-bond acceptors (Lipinski definition) is 5. The van der Waals surface area contributed by atoms with E-state index in [0.29, 0.717) is 22.5 Å². The Hall–Kier alpha value is -3.35. The van der Waals surface area contributed by atoms with Crippen LogP contribution in [-0.4, -0.2) is 33.7 Å². The van der Waals surface area contributed by atoms with E-state index in [1.807, 2.05) is 26.0 Å². The molecule has 1 aliphatic carbocycles. The van der Waals surface area contributed by atoms with Crippen LogP contribution >= 0.6 is 0 Å². The van der Waals surface area contributed by atoms with Crippen molar-refractivity contribution in [2.75, 3.05) is 23.3 Å². The lowest BCUT2D eigenvalue weighted by Crippen LogP contribution is -2.31. The third-order valence-corrected chi connectivity index (χ3v) is 6.59. The van der Waals surface area contributed by atoms with Gasteiger partial charge in [-0.05, 0) is 55.9 Å². The van der Waals surface area contributed by atoms with E-state index in [4.69, 9.17) is 4.98 Å². The number of aromatic carboxylic acids is 1. The van der Waals surface area contributed by atoms with Crippen LogP contribution in [0.25, 0.3) is 10.9 Å². The number of para-hydroxylation sites is 1. The molecule has 1 aromatic heterocycles. The molecule has 2 N–H and O–H groups in total. The minimum absolute atomic E-state index is 0.0522. The van der Waals surface area contributed by atoms with E-state index in [1.54, 1.807) is 35.9 Å². The zero-order valence-corrected chi connectivity index (χ0v) is 17.9.